The van der Waals surface area contributed by atoms with Crippen molar-refractivity contribution in [3.8, 4) is 0 Å². The summed E-state index contributed by atoms with van der Waals surface area (Å²) in [5, 5.41) is 22.4. The number of pyridine rings is 1. The Labute approximate surface area is 188 Å². The highest BCUT2D eigenvalue weighted by Crippen LogP contribution is 2.57. The molecular formula is C20H24N5O7P. The minimum Gasteiger partial charge on any atom is -0.387 e. The molecule has 4 N–H and O–H groups in total. The van der Waals surface area contributed by atoms with Crippen LogP contribution in [-0.4, -0.2) is 60.8 Å². The van der Waals surface area contributed by atoms with Gasteiger partial charge in [0.15, 0.2) is 6.23 Å². The van der Waals surface area contributed by atoms with Crippen molar-refractivity contribution in [1.82, 2.24) is 19.5 Å². The lowest BCUT2D eigenvalue weighted by molar-refractivity contribution is -0.0951. The Hall–Kier alpha value is -2.44. The standard InChI is InChI=1S/C20H24N5O7P/c1-20(27)16(26)15(31-19(20)25-8-5-12-17(21)23-11-24-18(12)25)10-30-33(28)29-9-6-14(32-33)13-4-2-3-7-22-13/h2-5,7-8,11,14-16,19,26-27H,6,9-10H2,1H3,(H2,21,23,24)/t14-,15-,16-,19-,20-,33?/m1/s1. The highest BCUT2D eigenvalue weighted by Gasteiger charge is 2.54. The van der Waals surface area contributed by atoms with Gasteiger partial charge in [-0.05, 0) is 25.1 Å². The Morgan fingerprint density at radius 3 is 2.97 bits per heavy atom. The van der Waals surface area contributed by atoms with E-state index in [-0.39, 0.29) is 19.0 Å². The van der Waals surface area contributed by atoms with Crippen LogP contribution >= 0.6 is 7.82 Å². The van der Waals surface area contributed by atoms with Crippen LogP contribution in [0.5, 0.6) is 0 Å². The van der Waals surface area contributed by atoms with Gasteiger partial charge in [0.1, 0.15) is 41.7 Å². The maximum Gasteiger partial charge on any atom is 0.475 e. The molecule has 12 nitrogen and oxygen atoms in total. The summed E-state index contributed by atoms with van der Waals surface area (Å²) in [6.07, 6.45) is 1.09. The molecule has 2 aliphatic rings. The second kappa shape index (κ2) is 8.41. The van der Waals surface area contributed by atoms with E-state index < -0.39 is 38.0 Å². The van der Waals surface area contributed by atoms with E-state index in [4.69, 9.17) is 24.0 Å². The number of rotatable bonds is 5. The highest BCUT2D eigenvalue weighted by atomic mass is 31.2. The van der Waals surface area contributed by atoms with E-state index in [1.54, 1.807) is 41.2 Å². The quantitative estimate of drug-likeness (QED) is 0.458. The SMILES string of the molecule is C[C@@]1(O)[C@H](O)[C@@H](COP2(=O)OCC[C@H](c3ccccn3)O2)O[C@H]1n1ccc2c(N)ncnc21. The van der Waals surface area contributed by atoms with Gasteiger partial charge in [0.25, 0.3) is 0 Å². The Morgan fingerprint density at radius 1 is 1.33 bits per heavy atom. The van der Waals surface area contributed by atoms with Crippen LogP contribution in [0.4, 0.5) is 5.82 Å². The predicted molar refractivity (Wildman–Crippen MR) is 115 cm³/mol. The van der Waals surface area contributed by atoms with Crippen LogP contribution in [0.25, 0.3) is 11.0 Å². The Morgan fingerprint density at radius 2 is 2.18 bits per heavy atom. The summed E-state index contributed by atoms with van der Waals surface area (Å²) in [5.41, 5.74) is 5.23. The van der Waals surface area contributed by atoms with E-state index in [1.807, 2.05) is 0 Å². The number of aliphatic hydroxyl groups excluding tert-OH is 1. The average Bonchev–Trinajstić information content (AvgIpc) is 3.33. The van der Waals surface area contributed by atoms with Crippen LogP contribution in [0.1, 0.15) is 31.4 Å². The molecule has 2 fully saturated rings. The number of anilines is 1. The fraction of sp³-hybridized carbons (Fsp3) is 0.450. The molecule has 0 saturated carbocycles. The summed E-state index contributed by atoms with van der Waals surface area (Å²) in [5.74, 6) is 0.281. The van der Waals surface area contributed by atoms with Gasteiger partial charge in [0.05, 0.1) is 24.3 Å². The largest absolute Gasteiger partial charge is 0.475 e. The van der Waals surface area contributed by atoms with Crippen LogP contribution in [0.3, 0.4) is 0 Å². The molecule has 176 valence electrons. The Bertz CT molecular complexity index is 1190. The Kier molecular flexibility index (Phi) is 5.69. The molecule has 13 heteroatoms. The first kappa shape index (κ1) is 22.4. The molecule has 3 aromatic rings. The van der Waals surface area contributed by atoms with Crippen molar-refractivity contribution in [2.45, 2.75) is 43.5 Å². The van der Waals surface area contributed by atoms with Crippen molar-refractivity contribution in [3.63, 3.8) is 0 Å². The molecule has 1 unspecified atom stereocenters. The number of aromatic nitrogens is 4. The minimum absolute atomic E-state index is 0.156. The van der Waals surface area contributed by atoms with Crippen molar-refractivity contribution in [2.75, 3.05) is 18.9 Å². The topological polar surface area (TPSA) is 164 Å². The molecule has 2 aliphatic heterocycles. The van der Waals surface area contributed by atoms with Crippen molar-refractivity contribution >= 4 is 24.7 Å². The summed E-state index contributed by atoms with van der Waals surface area (Å²) in [6, 6.07) is 7.04. The number of nitrogens with two attached hydrogens (primary N) is 1. The number of aliphatic hydroxyl groups is 2. The van der Waals surface area contributed by atoms with Crippen LogP contribution in [0.2, 0.25) is 0 Å². The number of ether oxygens (including phenoxy) is 1. The first-order chi connectivity index (χ1) is 15.8. The van der Waals surface area contributed by atoms with E-state index in [1.165, 1.54) is 13.3 Å². The molecule has 2 saturated heterocycles. The molecule has 33 heavy (non-hydrogen) atoms. The molecule has 0 bridgehead atoms. The van der Waals surface area contributed by atoms with E-state index in [0.29, 0.717) is 23.1 Å². The minimum atomic E-state index is -3.94. The second-order valence-corrected chi connectivity index (χ2v) is 9.75. The molecule has 0 aliphatic carbocycles. The number of phosphoric ester groups is 1. The zero-order chi connectivity index (χ0) is 23.2. The van der Waals surface area contributed by atoms with Crippen LogP contribution in [-0.2, 0) is 22.9 Å². The Balaban J connectivity index is 1.31. The fourth-order valence-electron chi connectivity index (χ4n) is 4.07. The summed E-state index contributed by atoms with van der Waals surface area (Å²) in [7, 11) is -3.94. The van der Waals surface area contributed by atoms with Gasteiger partial charge in [-0.15, -0.1) is 0 Å². The number of nitrogens with zero attached hydrogens (tertiary/aromatic N) is 4. The van der Waals surface area contributed by atoms with Crippen LogP contribution < -0.4 is 5.73 Å². The summed E-state index contributed by atoms with van der Waals surface area (Å²) in [6.45, 7) is 1.26. The van der Waals surface area contributed by atoms with E-state index in [2.05, 4.69) is 15.0 Å². The summed E-state index contributed by atoms with van der Waals surface area (Å²) in [4.78, 5) is 12.4. The molecule has 0 radical (unpaired) electrons. The monoisotopic (exact) mass is 477 g/mol. The van der Waals surface area contributed by atoms with Crippen molar-refractivity contribution in [3.05, 3.63) is 48.7 Å². The molecule has 0 spiro atoms. The third-order valence-corrected chi connectivity index (χ3v) is 7.32. The number of fused-ring (bicyclic) bond motifs is 1. The molecular weight excluding hydrogens is 453 g/mol. The molecule has 0 amide bonds. The number of hydrogen-bond donors (Lipinski definition) is 3. The third kappa shape index (κ3) is 4.04. The van der Waals surface area contributed by atoms with Crippen molar-refractivity contribution < 1.29 is 33.1 Å². The second-order valence-electron chi connectivity index (χ2n) is 8.13. The lowest BCUT2D eigenvalue weighted by Gasteiger charge is -2.29. The van der Waals surface area contributed by atoms with Gasteiger partial charge in [-0.1, -0.05) is 6.07 Å². The zero-order valence-electron chi connectivity index (χ0n) is 17.7. The predicted octanol–water partition coefficient (Wildman–Crippen LogP) is 1.72. The van der Waals surface area contributed by atoms with E-state index in [9.17, 15) is 14.8 Å². The van der Waals surface area contributed by atoms with E-state index >= 15 is 0 Å². The van der Waals surface area contributed by atoms with Crippen LogP contribution in [0, 0.1) is 0 Å². The van der Waals surface area contributed by atoms with Crippen LogP contribution in [0.15, 0.2) is 43.0 Å². The molecule has 3 aromatic heterocycles. The number of nitrogen functional groups attached to an aromatic ring is 1. The maximum absolute atomic E-state index is 13.0. The first-order valence-corrected chi connectivity index (χ1v) is 11.9. The summed E-state index contributed by atoms with van der Waals surface area (Å²) < 4.78 is 36.9. The van der Waals surface area contributed by atoms with Crippen molar-refractivity contribution in [1.29, 1.82) is 0 Å². The van der Waals surface area contributed by atoms with Gasteiger partial charge in [-0.2, -0.15) is 0 Å². The van der Waals surface area contributed by atoms with Crippen molar-refractivity contribution in [2.24, 2.45) is 0 Å². The first-order valence-electron chi connectivity index (χ1n) is 10.4. The third-order valence-electron chi connectivity index (χ3n) is 5.85. The molecule has 5 heterocycles. The number of phosphoric acid groups is 1. The van der Waals surface area contributed by atoms with Gasteiger partial charge in [-0.25, -0.2) is 14.5 Å². The smallest absolute Gasteiger partial charge is 0.387 e. The summed E-state index contributed by atoms with van der Waals surface area (Å²) >= 11 is 0. The van der Waals surface area contributed by atoms with Gasteiger partial charge < -0.3 is 25.3 Å². The highest BCUT2D eigenvalue weighted by molar-refractivity contribution is 7.48. The van der Waals surface area contributed by atoms with Gasteiger partial charge in [-0.3, -0.25) is 18.6 Å². The maximum atomic E-state index is 13.0. The molecule has 6 atom stereocenters. The molecule has 5 rings (SSSR count). The van der Waals surface area contributed by atoms with Gasteiger partial charge >= 0.3 is 7.82 Å². The lowest BCUT2D eigenvalue weighted by atomic mass is 9.96. The van der Waals surface area contributed by atoms with Gasteiger partial charge in [0.2, 0.25) is 0 Å². The fourth-order valence-corrected chi connectivity index (χ4v) is 5.45. The zero-order valence-corrected chi connectivity index (χ0v) is 18.6. The molecule has 0 aromatic carbocycles. The van der Waals surface area contributed by atoms with Gasteiger partial charge in [0, 0.05) is 18.8 Å². The normalized spacial score (nSPS) is 34.6. The van der Waals surface area contributed by atoms with E-state index in [0.717, 1.165) is 0 Å². The lowest BCUT2D eigenvalue weighted by Crippen LogP contribution is -2.44. The number of hydrogen-bond acceptors (Lipinski definition) is 11. The average molecular weight is 477 g/mol.